The molecule has 2 fully saturated rings. The van der Waals surface area contributed by atoms with E-state index in [1.807, 2.05) is 17.0 Å². The van der Waals surface area contributed by atoms with Crippen molar-refractivity contribution in [1.29, 1.82) is 0 Å². The summed E-state index contributed by atoms with van der Waals surface area (Å²) in [5.41, 5.74) is 1.76. The topological polar surface area (TPSA) is 55.8 Å². The zero-order chi connectivity index (χ0) is 16.2. The Labute approximate surface area is 135 Å². The quantitative estimate of drug-likeness (QED) is 0.838. The molecule has 1 spiro atoms. The minimum atomic E-state index is -0.307. The summed E-state index contributed by atoms with van der Waals surface area (Å²) in [6.45, 7) is 0.769. The van der Waals surface area contributed by atoms with E-state index < -0.39 is 0 Å². The van der Waals surface area contributed by atoms with E-state index in [1.54, 1.807) is 14.2 Å². The van der Waals surface area contributed by atoms with Gasteiger partial charge in [-0.25, -0.2) is 0 Å². The molecule has 2 atom stereocenters. The normalized spacial score (nSPS) is 29.0. The van der Waals surface area contributed by atoms with Crippen molar-refractivity contribution in [2.24, 2.45) is 0 Å². The maximum atomic E-state index is 12.8. The molecule has 2 aliphatic heterocycles. The number of benzene rings is 1. The van der Waals surface area contributed by atoms with Crippen LogP contribution in [0.15, 0.2) is 12.1 Å². The second-order valence-corrected chi connectivity index (χ2v) is 6.81. The number of nitrogens with zero attached hydrogens (tertiary/aromatic N) is 1. The van der Waals surface area contributed by atoms with Gasteiger partial charge in [0.25, 0.3) is 0 Å². The second-order valence-electron chi connectivity index (χ2n) is 6.81. The Morgan fingerprint density at radius 1 is 1.17 bits per heavy atom. The van der Waals surface area contributed by atoms with Gasteiger partial charge in [0.15, 0.2) is 11.5 Å². The Morgan fingerprint density at radius 2 is 1.91 bits per heavy atom. The van der Waals surface area contributed by atoms with Crippen LogP contribution in [0.1, 0.15) is 42.7 Å². The Balaban J connectivity index is 1.92. The van der Waals surface area contributed by atoms with Crippen molar-refractivity contribution in [2.75, 3.05) is 20.8 Å². The van der Waals surface area contributed by atoms with Gasteiger partial charge in [0, 0.05) is 25.3 Å². The summed E-state index contributed by atoms with van der Waals surface area (Å²) >= 11 is 0. The van der Waals surface area contributed by atoms with Gasteiger partial charge in [-0.05, 0) is 36.1 Å². The molecule has 23 heavy (non-hydrogen) atoms. The summed E-state index contributed by atoms with van der Waals surface area (Å²) in [6.07, 6.45) is 3.30. The van der Waals surface area contributed by atoms with E-state index in [2.05, 4.69) is 0 Å². The van der Waals surface area contributed by atoms with Gasteiger partial charge in [-0.15, -0.1) is 0 Å². The summed E-state index contributed by atoms with van der Waals surface area (Å²) in [4.78, 5) is 27.0. The molecule has 1 saturated heterocycles. The third kappa shape index (κ3) is 1.92. The van der Waals surface area contributed by atoms with Crippen molar-refractivity contribution in [3.63, 3.8) is 0 Å². The highest BCUT2D eigenvalue weighted by Gasteiger charge is 2.56. The van der Waals surface area contributed by atoms with E-state index in [4.69, 9.17) is 9.47 Å². The van der Waals surface area contributed by atoms with Crippen molar-refractivity contribution in [3.05, 3.63) is 23.3 Å². The molecule has 122 valence electrons. The molecule has 5 heteroatoms. The predicted octanol–water partition coefficient (Wildman–Crippen LogP) is 2.07. The molecule has 0 aromatic heterocycles. The largest absolute Gasteiger partial charge is 0.493 e. The second kappa shape index (κ2) is 4.98. The number of carbonyl (C=O) groups excluding carboxylic acids is 2. The summed E-state index contributed by atoms with van der Waals surface area (Å²) in [5, 5.41) is 0. The molecule has 0 radical (unpaired) electrons. The van der Waals surface area contributed by atoms with Crippen molar-refractivity contribution in [3.8, 4) is 11.5 Å². The molecule has 4 rings (SSSR count). The molecule has 0 N–H and O–H groups in total. The average Bonchev–Trinajstić information content (AvgIpc) is 3.08. The van der Waals surface area contributed by atoms with Gasteiger partial charge >= 0.3 is 0 Å². The highest BCUT2D eigenvalue weighted by molar-refractivity contribution is 5.89. The van der Waals surface area contributed by atoms with Crippen LogP contribution in [-0.2, 0) is 16.0 Å². The van der Waals surface area contributed by atoms with Gasteiger partial charge < -0.3 is 14.4 Å². The number of rotatable bonds is 2. The highest BCUT2D eigenvalue weighted by atomic mass is 16.5. The van der Waals surface area contributed by atoms with Gasteiger partial charge in [0.05, 0.1) is 26.2 Å². The van der Waals surface area contributed by atoms with Gasteiger partial charge in [-0.1, -0.05) is 0 Å². The first-order chi connectivity index (χ1) is 11.1. The lowest BCUT2D eigenvalue weighted by atomic mass is 9.79. The van der Waals surface area contributed by atoms with E-state index in [9.17, 15) is 9.59 Å². The Bertz CT molecular complexity index is 699. The van der Waals surface area contributed by atoms with Crippen LogP contribution < -0.4 is 9.47 Å². The van der Waals surface area contributed by atoms with Crippen LogP contribution >= 0.6 is 0 Å². The van der Waals surface area contributed by atoms with Crippen LogP contribution in [0.25, 0.3) is 0 Å². The fraction of sp³-hybridized carbons (Fsp3) is 0.556. The monoisotopic (exact) mass is 315 g/mol. The van der Waals surface area contributed by atoms with Crippen LogP contribution in [0.2, 0.25) is 0 Å². The first-order valence-electron chi connectivity index (χ1n) is 8.16. The first kappa shape index (κ1) is 14.5. The zero-order valence-electron chi connectivity index (χ0n) is 13.6. The number of carbonyl (C=O) groups is 2. The molecule has 2 heterocycles. The molecule has 1 aromatic carbocycles. The van der Waals surface area contributed by atoms with Crippen LogP contribution in [0.5, 0.6) is 11.5 Å². The Kier molecular flexibility index (Phi) is 3.15. The number of hydrogen-bond acceptors (Lipinski definition) is 4. The van der Waals surface area contributed by atoms with Crippen LogP contribution in [0.3, 0.4) is 0 Å². The number of methoxy groups -OCH3 is 2. The molecular formula is C18H21NO4. The summed E-state index contributed by atoms with van der Waals surface area (Å²) in [5.74, 6) is 1.78. The van der Waals surface area contributed by atoms with Gasteiger partial charge in [-0.2, -0.15) is 0 Å². The maximum absolute atomic E-state index is 12.8. The van der Waals surface area contributed by atoms with E-state index in [0.717, 1.165) is 30.5 Å². The lowest BCUT2D eigenvalue weighted by Gasteiger charge is -2.38. The van der Waals surface area contributed by atoms with Gasteiger partial charge in [0.1, 0.15) is 5.78 Å². The molecule has 1 aliphatic carbocycles. The lowest BCUT2D eigenvalue weighted by Crippen LogP contribution is -2.48. The maximum Gasteiger partial charge on any atom is 0.227 e. The van der Waals surface area contributed by atoms with Crippen LogP contribution in [-0.4, -0.2) is 42.9 Å². The van der Waals surface area contributed by atoms with Crippen LogP contribution in [0, 0.1) is 0 Å². The minimum Gasteiger partial charge on any atom is -0.493 e. The molecule has 1 amide bonds. The third-order valence-corrected chi connectivity index (χ3v) is 5.78. The number of ketones is 1. The Morgan fingerprint density at radius 3 is 2.65 bits per heavy atom. The minimum absolute atomic E-state index is 0.0822. The Hall–Kier alpha value is -2.04. The van der Waals surface area contributed by atoms with Crippen molar-refractivity contribution < 1.29 is 19.1 Å². The fourth-order valence-corrected chi connectivity index (χ4v) is 4.85. The van der Waals surface area contributed by atoms with Crippen LogP contribution in [0.4, 0.5) is 0 Å². The summed E-state index contributed by atoms with van der Waals surface area (Å²) in [6, 6.07) is 3.89. The third-order valence-electron chi connectivity index (χ3n) is 5.78. The molecule has 1 saturated carbocycles. The molecule has 0 bridgehead atoms. The number of Topliss-reactive ketones (excluding diaryl/α,β-unsaturated/α-hetero) is 1. The molecule has 3 aliphatic rings. The number of amides is 1. The first-order valence-corrected chi connectivity index (χ1v) is 8.16. The number of ether oxygens (including phenoxy) is 2. The standard InChI is InChI=1S/C18H21NO4/c1-22-15-6-11-7-17(21)19-5-3-4-18(19)10-12(20)8-14(18)13(11)9-16(15)23-2/h6,9,14H,3-5,7-8,10H2,1-2H3/t14-,18-/m0/s1. The van der Waals surface area contributed by atoms with Crippen molar-refractivity contribution in [2.45, 2.75) is 43.6 Å². The van der Waals surface area contributed by atoms with E-state index in [-0.39, 0.29) is 23.1 Å². The fourth-order valence-electron chi connectivity index (χ4n) is 4.85. The number of fused-ring (bicyclic) bond motifs is 2. The van der Waals surface area contributed by atoms with E-state index >= 15 is 0 Å². The van der Waals surface area contributed by atoms with Crippen molar-refractivity contribution in [1.82, 2.24) is 4.90 Å². The van der Waals surface area contributed by atoms with E-state index in [0.29, 0.717) is 30.8 Å². The van der Waals surface area contributed by atoms with E-state index in [1.165, 1.54) is 0 Å². The SMILES string of the molecule is COc1cc2c(cc1OC)[C@@H]1CC(=O)C[C@@]13CCCN3C(=O)C2. The summed E-state index contributed by atoms with van der Waals surface area (Å²) in [7, 11) is 3.21. The smallest absolute Gasteiger partial charge is 0.227 e. The molecule has 1 aromatic rings. The number of hydrogen-bond donors (Lipinski definition) is 0. The van der Waals surface area contributed by atoms with Crippen molar-refractivity contribution >= 4 is 11.7 Å². The predicted molar refractivity (Wildman–Crippen MR) is 83.9 cm³/mol. The molecule has 5 nitrogen and oxygen atoms in total. The molecular weight excluding hydrogens is 294 g/mol. The highest BCUT2D eigenvalue weighted by Crippen LogP contribution is 2.54. The zero-order valence-corrected chi connectivity index (χ0v) is 13.6. The lowest BCUT2D eigenvalue weighted by molar-refractivity contribution is -0.134. The van der Waals surface area contributed by atoms with Gasteiger partial charge in [-0.3, -0.25) is 9.59 Å². The van der Waals surface area contributed by atoms with Gasteiger partial charge in [0.2, 0.25) is 5.91 Å². The average molecular weight is 315 g/mol. The summed E-state index contributed by atoms with van der Waals surface area (Å²) < 4.78 is 10.8. The molecule has 0 unspecified atom stereocenters.